The minimum absolute atomic E-state index is 0.0314. The van der Waals surface area contributed by atoms with Crippen LogP contribution < -0.4 is 14.8 Å². The maximum absolute atomic E-state index is 14.0. The van der Waals surface area contributed by atoms with Crippen LogP contribution in [-0.2, 0) is 29.0 Å². The molecule has 0 radical (unpaired) electrons. The van der Waals surface area contributed by atoms with Gasteiger partial charge in [-0.1, -0.05) is 85.5 Å². The molecule has 5 rings (SSSR count). The van der Waals surface area contributed by atoms with E-state index in [-0.39, 0.29) is 17.9 Å². The summed E-state index contributed by atoms with van der Waals surface area (Å²) in [6.07, 6.45) is 6.82. The van der Waals surface area contributed by atoms with Crippen molar-refractivity contribution < 1.29 is 19.1 Å². The summed E-state index contributed by atoms with van der Waals surface area (Å²) in [6.45, 7) is 3.51. The van der Waals surface area contributed by atoms with Crippen LogP contribution >= 0.6 is 0 Å². The van der Waals surface area contributed by atoms with Gasteiger partial charge in [-0.05, 0) is 55.0 Å². The summed E-state index contributed by atoms with van der Waals surface area (Å²) in [5.74, 6) is 1.37. The Kier molecular flexibility index (Phi) is 9.38. The standard InChI is InChI=1S/C34H40N2O4/c1-25-9-8-12-28(21-25)24-36(33(37)18-16-27-15-17-31-32(23-27)40-20-19-39-31)30(22-26-10-4-2-5-11-26)34(38)35-29-13-6-3-7-14-29/h2,4-5,8-12,15,17,21,23,29-30H,3,6-7,13-14,16,18-20,22,24H2,1H3,(H,35,38). The highest BCUT2D eigenvalue weighted by Gasteiger charge is 2.32. The number of fused-ring (bicyclic) bond motifs is 1. The summed E-state index contributed by atoms with van der Waals surface area (Å²) in [7, 11) is 0. The van der Waals surface area contributed by atoms with E-state index in [1.807, 2.05) is 60.7 Å². The summed E-state index contributed by atoms with van der Waals surface area (Å²) in [5.41, 5.74) is 4.21. The number of nitrogens with one attached hydrogen (secondary N) is 1. The van der Waals surface area contributed by atoms with Crippen LogP contribution in [-0.4, -0.2) is 42.0 Å². The highest BCUT2D eigenvalue weighted by Crippen LogP contribution is 2.31. The van der Waals surface area contributed by atoms with E-state index in [9.17, 15) is 9.59 Å². The molecule has 0 aromatic heterocycles. The fourth-order valence-corrected chi connectivity index (χ4v) is 5.74. The van der Waals surface area contributed by atoms with Crippen LogP contribution in [0.3, 0.4) is 0 Å². The average Bonchev–Trinajstić information content (AvgIpc) is 2.98. The molecule has 1 saturated carbocycles. The van der Waals surface area contributed by atoms with E-state index in [2.05, 4.69) is 24.4 Å². The Balaban J connectivity index is 1.39. The Morgan fingerprint density at radius 3 is 2.38 bits per heavy atom. The molecule has 0 spiro atoms. The van der Waals surface area contributed by atoms with E-state index < -0.39 is 6.04 Å². The van der Waals surface area contributed by atoms with Crippen molar-refractivity contribution in [1.82, 2.24) is 10.2 Å². The average molecular weight is 541 g/mol. The summed E-state index contributed by atoms with van der Waals surface area (Å²) in [4.78, 5) is 29.7. The van der Waals surface area contributed by atoms with Crippen LogP contribution in [0.2, 0.25) is 0 Å². The number of ether oxygens (including phenoxy) is 2. The smallest absolute Gasteiger partial charge is 0.243 e. The lowest BCUT2D eigenvalue weighted by Crippen LogP contribution is -2.52. The number of amides is 2. The molecule has 40 heavy (non-hydrogen) atoms. The third-order valence-electron chi connectivity index (χ3n) is 7.89. The third-order valence-corrected chi connectivity index (χ3v) is 7.89. The Hall–Kier alpha value is -3.80. The molecule has 1 N–H and O–H groups in total. The molecule has 2 aliphatic rings. The zero-order chi connectivity index (χ0) is 27.7. The Morgan fingerprint density at radius 1 is 0.850 bits per heavy atom. The number of carbonyl (C=O) groups is 2. The van der Waals surface area contributed by atoms with Gasteiger partial charge in [-0.2, -0.15) is 0 Å². The monoisotopic (exact) mass is 540 g/mol. The second-order valence-corrected chi connectivity index (χ2v) is 11.0. The molecular weight excluding hydrogens is 500 g/mol. The van der Waals surface area contributed by atoms with Gasteiger partial charge < -0.3 is 19.7 Å². The first-order valence-electron chi connectivity index (χ1n) is 14.6. The van der Waals surface area contributed by atoms with E-state index in [1.54, 1.807) is 4.90 Å². The van der Waals surface area contributed by atoms with Gasteiger partial charge >= 0.3 is 0 Å². The quantitative estimate of drug-likeness (QED) is 0.354. The number of hydrogen-bond donors (Lipinski definition) is 1. The second kappa shape index (κ2) is 13.5. The predicted molar refractivity (Wildman–Crippen MR) is 156 cm³/mol. The first kappa shape index (κ1) is 27.8. The predicted octanol–water partition coefficient (Wildman–Crippen LogP) is 5.79. The van der Waals surface area contributed by atoms with Crippen LogP contribution in [0, 0.1) is 6.92 Å². The highest BCUT2D eigenvalue weighted by molar-refractivity contribution is 5.88. The zero-order valence-electron chi connectivity index (χ0n) is 23.4. The van der Waals surface area contributed by atoms with Crippen LogP contribution in [0.5, 0.6) is 11.5 Å². The molecule has 2 amide bonds. The van der Waals surface area contributed by atoms with Crippen molar-refractivity contribution in [3.05, 3.63) is 95.1 Å². The van der Waals surface area contributed by atoms with Gasteiger partial charge in [0.05, 0.1) is 0 Å². The fourth-order valence-electron chi connectivity index (χ4n) is 5.74. The minimum Gasteiger partial charge on any atom is -0.486 e. The topological polar surface area (TPSA) is 67.9 Å². The molecule has 1 fully saturated rings. The number of hydrogen-bond acceptors (Lipinski definition) is 4. The molecule has 3 aromatic rings. The maximum Gasteiger partial charge on any atom is 0.243 e. The van der Waals surface area contributed by atoms with Gasteiger partial charge in [0.1, 0.15) is 19.3 Å². The second-order valence-electron chi connectivity index (χ2n) is 11.0. The third kappa shape index (κ3) is 7.44. The zero-order valence-corrected chi connectivity index (χ0v) is 23.4. The van der Waals surface area contributed by atoms with E-state index in [0.717, 1.165) is 59.4 Å². The molecular formula is C34H40N2O4. The van der Waals surface area contributed by atoms with E-state index in [1.165, 1.54) is 6.42 Å². The molecule has 210 valence electrons. The van der Waals surface area contributed by atoms with Gasteiger partial charge in [-0.3, -0.25) is 9.59 Å². The van der Waals surface area contributed by atoms with Gasteiger partial charge in [0.2, 0.25) is 11.8 Å². The number of aryl methyl sites for hydroxylation is 2. The molecule has 1 atom stereocenters. The molecule has 1 aliphatic heterocycles. The van der Waals surface area contributed by atoms with Crippen LogP contribution in [0.25, 0.3) is 0 Å². The maximum atomic E-state index is 14.0. The van der Waals surface area contributed by atoms with Crippen molar-refractivity contribution in [2.24, 2.45) is 0 Å². The van der Waals surface area contributed by atoms with Crippen LogP contribution in [0.4, 0.5) is 0 Å². The lowest BCUT2D eigenvalue weighted by atomic mass is 9.94. The van der Waals surface area contributed by atoms with Crippen LogP contribution in [0.1, 0.15) is 60.8 Å². The normalized spacial score (nSPS) is 15.7. The van der Waals surface area contributed by atoms with Crippen molar-refractivity contribution in [1.29, 1.82) is 0 Å². The Morgan fingerprint density at radius 2 is 1.60 bits per heavy atom. The van der Waals surface area contributed by atoms with Crippen LogP contribution in [0.15, 0.2) is 72.8 Å². The molecule has 3 aromatic carbocycles. The van der Waals surface area contributed by atoms with Gasteiger partial charge in [-0.15, -0.1) is 0 Å². The first-order chi connectivity index (χ1) is 19.5. The Bertz CT molecular complexity index is 1290. The largest absolute Gasteiger partial charge is 0.486 e. The molecule has 6 heteroatoms. The number of benzene rings is 3. The number of nitrogens with zero attached hydrogens (tertiary/aromatic N) is 1. The number of carbonyl (C=O) groups excluding carboxylic acids is 2. The van der Waals surface area contributed by atoms with Gasteiger partial charge in [0.15, 0.2) is 11.5 Å². The van der Waals surface area contributed by atoms with E-state index in [4.69, 9.17) is 9.47 Å². The number of rotatable bonds is 10. The molecule has 0 bridgehead atoms. The lowest BCUT2D eigenvalue weighted by molar-refractivity contribution is -0.141. The molecule has 1 heterocycles. The van der Waals surface area contributed by atoms with Gasteiger partial charge in [0, 0.05) is 25.4 Å². The lowest BCUT2D eigenvalue weighted by Gasteiger charge is -2.33. The molecule has 1 aliphatic carbocycles. The van der Waals surface area contributed by atoms with Crippen molar-refractivity contribution in [3.8, 4) is 11.5 Å². The van der Waals surface area contributed by atoms with Crippen molar-refractivity contribution in [2.45, 2.75) is 76.9 Å². The van der Waals surface area contributed by atoms with Gasteiger partial charge in [-0.25, -0.2) is 0 Å². The molecule has 6 nitrogen and oxygen atoms in total. The first-order valence-corrected chi connectivity index (χ1v) is 14.6. The van der Waals surface area contributed by atoms with Crippen molar-refractivity contribution >= 4 is 11.8 Å². The minimum atomic E-state index is -0.599. The molecule has 0 saturated heterocycles. The summed E-state index contributed by atoms with van der Waals surface area (Å²) < 4.78 is 11.4. The van der Waals surface area contributed by atoms with Crippen molar-refractivity contribution in [3.63, 3.8) is 0 Å². The SMILES string of the molecule is Cc1cccc(CN(C(=O)CCc2ccc3c(c2)OCCO3)C(Cc2ccccc2)C(=O)NC2CCCCC2)c1. The van der Waals surface area contributed by atoms with E-state index >= 15 is 0 Å². The highest BCUT2D eigenvalue weighted by atomic mass is 16.6. The molecule has 1 unspecified atom stereocenters. The Labute approximate surface area is 237 Å². The van der Waals surface area contributed by atoms with Gasteiger partial charge in [0.25, 0.3) is 0 Å². The summed E-state index contributed by atoms with van der Waals surface area (Å²) in [6, 6.07) is 23.6. The van der Waals surface area contributed by atoms with Crippen molar-refractivity contribution in [2.75, 3.05) is 13.2 Å². The summed E-state index contributed by atoms with van der Waals surface area (Å²) in [5, 5.41) is 3.32. The summed E-state index contributed by atoms with van der Waals surface area (Å²) >= 11 is 0. The fraction of sp³-hybridized carbons (Fsp3) is 0.412. The van der Waals surface area contributed by atoms with E-state index in [0.29, 0.717) is 39.0 Å².